The number of nitrogens with zero attached hydrogens (tertiary/aromatic N) is 4. The highest BCUT2D eigenvalue weighted by molar-refractivity contribution is 5.95. The van der Waals surface area contributed by atoms with E-state index in [4.69, 9.17) is 0 Å². The molecule has 7 nitrogen and oxygen atoms in total. The predicted octanol–water partition coefficient (Wildman–Crippen LogP) is 2.33. The Bertz CT molecular complexity index is 1080. The molecule has 2 aromatic heterocycles. The summed E-state index contributed by atoms with van der Waals surface area (Å²) >= 11 is 0. The fraction of sp³-hybridized carbons (Fsp3) is 0.300. The van der Waals surface area contributed by atoms with Gasteiger partial charge in [-0.1, -0.05) is 24.3 Å². The van der Waals surface area contributed by atoms with Gasteiger partial charge in [-0.3, -0.25) is 14.6 Å². The molecule has 0 radical (unpaired) electrons. The lowest BCUT2D eigenvalue weighted by atomic mass is 9.93. The van der Waals surface area contributed by atoms with Gasteiger partial charge >= 0.3 is 0 Å². The van der Waals surface area contributed by atoms with Crippen LogP contribution in [0.3, 0.4) is 0 Å². The molecular formula is C20H21N5O2. The van der Waals surface area contributed by atoms with Crippen LogP contribution in [-0.2, 0) is 6.42 Å². The van der Waals surface area contributed by atoms with Gasteiger partial charge in [-0.05, 0) is 38.3 Å². The average Bonchev–Trinajstić information content (AvgIpc) is 3.02. The molecular weight excluding hydrogens is 342 g/mol. The van der Waals surface area contributed by atoms with Crippen LogP contribution in [0.1, 0.15) is 45.8 Å². The van der Waals surface area contributed by atoms with E-state index in [9.17, 15) is 9.59 Å². The molecule has 3 aromatic rings. The van der Waals surface area contributed by atoms with Crippen molar-refractivity contribution < 1.29 is 4.79 Å². The van der Waals surface area contributed by atoms with Gasteiger partial charge in [-0.2, -0.15) is 5.10 Å². The van der Waals surface area contributed by atoms with Crippen molar-refractivity contribution in [2.75, 3.05) is 6.54 Å². The number of fused-ring (bicyclic) bond motifs is 1. The summed E-state index contributed by atoms with van der Waals surface area (Å²) in [7, 11) is 0. The highest BCUT2D eigenvalue weighted by atomic mass is 16.2. The minimum absolute atomic E-state index is 0.00195. The topological polar surface area (TPSA) is 83.9 Å². The smallest absolute Gasteiger partial charge is 0.257 e. The summed E-state index contributed by atoms with van der Waals surface area (Å²) in [5.74, 6) is 0.254. The monoisotopic (exact) mass is 363 g/mol. The van der Waals surface area contributed by atoms with Crippen LogP contribution < -0.4 is 5.56 Å². The third-order valence-electron chi connectivity index (χ3n) is 5.15. The molecule has 1 N–H and O–H groups in total. The minimum Gasteiger partial charge on any atom is -0.331 e. The average molecular weight is 363 g/mol. The standard InChI is InChI=1S/C20H21N5O2/c1-12-10-18(26)23-20(22-12)25-14(3)17(11-21-25)19(27)24-9-8-15-6-4-5-7-16(15)13(24)2/h4-7,10-11,13H,8-9H2,1-3H3,(H,22,23,26). The molecule has 0 spiro atoms. The molecule has 1 aliphatic rings. The molecule has 27 heavy (non-hydrogen) atoms. The molecule has 0 fully saturated rings. The van der Waals surface area contributed by atoms with E-state index < -0.39 is 0 Å². The van der Waals surface area contributed by atoms with Crippen molar-refractivity contribution in [3.63, 3.8) is 0 Å². The number of aromatic amines is 1. The van der Waals surface area contributed by atoms with Crippen LogP contribution in [0, 0.1) is 13.8 Å². The predicted molar refractivity (Wildman–Crippen MR) is 101 cm³/mol. The Kier molecular flexibility index (Phi) is 4.14. The molecule has 0 bridgehead atoms. The van der Waals surface area contributed by atoms with Crippen molar-refractivity contribution in [2.24, 2.45) is 0 Å². The number of nitrogens with one attached hydrogen (secondary N) is 1. The van der Waals surface area contributed by atoms with Gasteiger partial charge in [0.1, 0.15) is 0 Å². The number of hydrogen-bond acceptors (Lipinski definition) is 4. The fourth-order valence-corrected chi connectivity index (χ4v) is 3.70. The van der Waals surface area contributed by atoms with Gasteiger partial charge in [0.15, 0.2) is 0 Å². The second kappa shape index (κ2) is 6.50. The molecule has 1 aromatic carbocycles. The number of aryl methyl sites for hydroxylation is 1. The summed E-state index contributed by atoms with van der Waals surface area (Å²) in [6.45, 7) is 6.28. The number of amides is 1. The maximum atomic E-state index is 13.2. The van der Waals surface area contributed by atoms with Gasteiger partial charge in [-0.15, -0.1) is 0 Å². The largest absolute Gasteiger partial charge is 0.331 e. The molecule has 3 heterocycles. The van der Waals surface area contributed by atoms with E-state index in [1.165, 1.54) is 21.9 Å². The van der Waals surface area contributed by atoms with Crippen LogP contribution in [0.5, 0.6) is 0 Å². The summed E-state index contributed by atoms with van der Waals surface area (Å²) in [5, 5.41) is 4.29. The summed E-state index contributed by atoms with van der Waals surface area (Å²) in [6, 6.07) is 9.66. The number of hydrogen-bond donors (Lipinski definition) is 1. The lowest BCUT2D eigenvalue weighted by Crippen LogP contribution is -2.39. The first-order valence-corrected chi connectivity index (χ1v) is 8.97. The third kappa shape index (κ3) is 2.95. The van der Waals surface area contributed by atoms with E-state index in [1.807, 2.05) is 24.0 Å². The molecule has 1 atom stereocenters. The maximum Gasteiger partial charge on any atom is 0.257 e. The van der Waals surface area contributed by atoms with Gasteiger partial charge in [0.2, 0.25) is 5.95 Å². The van der Waals surface area contributed by atoms with Crippen molar-refractivity contribution in [1.29, 1.82) is 0 Å². The van der Waals surface area contributed by atoms with Gasteiger partial charge in [-0.25, -0.2) is 9.67 Å². The van der Waals surface area contributed by atoms with Gasteiger partial charge < -0.3 is 4.90 Å². The lowest BCUT2D eigenvalue weighted by molar-refractivity contribution is 0.0677. The van der Waals surface area contributed by atoms with E-state index in [2.05, 4.69) is 34.1 Å². The molecule has 1 aliphatic heterocycles. The van der Waals surface area contributed by atoms with Crippen molar-refractivity contribution in [1.82, 2.24) is 24.6 Å². The molecule has 0 aliphatic carbocycles. The molecule has 7 heteroatoms. The lowest BCUT2D eigenvalue weighted by Gasteiger charge is -2.35. The van der Waals surface area contributed by atoms with Crippen LogP contribution >= 0.6 is 0 Å². The Hall–Kier alpha value is -3.22. The van der Waals surface area contributed by atoms with Crippen LogP contribution in [0.15, 0.2) is 41.3 Å². The number of H-pyrrole nitrogens is 1. The Morgan fingerprint density at radius 3 is 2.81 bits per heavy atom. The highest BCUT2D eigenvalue weighted by Crippen LogP contribution is 2.30. The SMILES string of the molecule is Cc1cc(=O)[nH]c(-n2ncc(C(=O)N3CCc4ccccc4C3C)c2C)n1. The van der Waals surface area contributed by atoms with Crippen LogP contribution in [-0.4, -0.2) is 37.1 Å². The normalized spacial score (nSPS) is 16.3. The summed E-state index contributed by atoms with van der Waals surface area (Å²) in [5.41, 5.74) is 4.00. The fourth-order valence-electron chi connectivity index (χ4n) is 3.70. The van der Waals surface area contributed by atoms with Gasteiger partial charge in [0.05, 0.1) is 23.5 Å². The first kappa shape index (κ1) is 17.2. The van der Waals surface area contributed by atoms with E-state index in [0.717, 1.165) is 6.42 Å². The maximum absolute atomic E-state index is 13.2. The summed E-state index contributed by atoms with van der Waals surface area (Å²) in [6.07, 6.45) is 2.39. The number of rotatable bonds is 2. The molecule has 4 rings (SSSR count). The van der Waals surface area contributed by atoms with Crippen molar-refractivity contribution in [3.05, 3.63) is 75.0 Å². The summed E-state index contributed by atoms with van der Waals surface area (Å²) < 4.78 is 1.50. The van der Waals surface area contributed by atoms with Crippen LogP contribution in [0.25, 0.3) is 5.95 Å². The zero-order valence-electron chi connectivity index (χ0n) is 15.6. The molecule has 0 saturated carbocycles. The first-order chi connectivity index (χ1) is 13.0. The number of carbonyl (C=O) groups is 1. The number of carbonyl (C=O) groups excluding carboxylic acids is 1. The van der Waals surface area contributed by atoms with E-state index in [0.29, 0.717) is 29.4 Å². The van der Waals surface area contributed by atoms with Crippen LogP contribution in [0.2, 0.25) is 0 Å². The Labute approximate surface area is 156 Å². The number of aromatic nitrogens is 4. The quantitative estimate of drug-likeness (QED) is 0.757. The van der Waals surface area contributed by atoms with E-state index in [-0.39, 0.29) is 17.5 Å². The first-order valence-electron chi connectivity index (χ1n) is 8.97. The van der Waals surface area contributed by atoms with Gasteiger partial charge in [0, 0.05) is 18.3 Å². The minimum atomic E-state index is -0.249. The zero-order chi connectivity index (χ0) is 19.1. The van der Waals surface area contributed by atoms with Crippen molar-refractivity contribution in [2.45, 2.75) is 33.2 Å². The molecule has 1 amide bonds. The third-order valence-corrected chi connectivity index (χ3v) is 5.15. The summed E-state index contributed by atoms with van der Waals surface area (Å²) in [4.78, 5) is 33.8. The van der Waals surface area contributed by atoms with Gasteiger partial charge in [0.25, 0.3) is 11.5 Å². The Morgan fingerprint density at radius 1 is 1.26 bits per heavy atom. The Morgan fingerprint density at radius 2 is 2.04 bits per heavy atom. The second-order valence-corrected chi connectivity index (χ2v) is 6.89. The molecule has 0 saturated heterocycles. The van der Waals surface area contributed by atoms with Crippen molar-refractivity contribution >= 4 is 5.91 Å². The highest BCUT2D eigenvalue weighted by Gasteiger charge is 2.30. The van der Waals surface area contributed by atoms with Crippen molar-refractivity contribution in [3.8, 4) is 5.95 Å². The zero-order valence-corrected chi connectivity index (χ0v) is 15.6. The van der Waals surface area contributed by atoms with Crippen LogP contribution in [0.4, 0.5) is 0 Å². The number of benzene rings is 1. The Balaban J connectivity index is 1.68. The van der Waals surface area contributed by atoms with E-state index >= 15 is 0 Å². The molecule has 138 valence electrons. The second-order valence-electron chi connectivity index (χ2n) is 6.89. The molecule has 1 unspecified atom stereocenters. The van der Waals surface area contributed by atoms with E-state index in [1.54, 1.807) is 13.1 Å².